The van der Waals surface area contributed by atoms with Crippen molar-refractivity contribution in [1.82, 2.24) is 0 Å². The molecule has 1 heterocycles. The van der Waals surface area contributed by atoms with Crippen LogP contribution in [0.15, 0.2) is 30.3 Å². The van der Waals surface area contributed by atoms with Crippen LogP contribution in [0, 0.1) is 0 Å². The van der Waals surface area contributed by atoms with Gasteiger partial charge in [0.1, 0.15) is 5.67 Å². The van der Waals surface area contributed by atoms with Gasteiger partial charge in [-0.05, 0) is 13.3 Å². The van der Waals surface area contributed by atoms with Gasteiger partial charge in [0.2, 0.25) is 0 Å². The zero-order valence-corrected chi connectivity index (χ0v) is 9.38. The van der Waals surface area contributed by atoms with Gasteiger partial charge in [-0.15, -0.1) is 0 Å². The summed E-state index contributed by atoms with van der Waals surface area (Å²) < 4.78 is 39.8. The van der Waals surface area contributed by atoms with E-state index in [1.165, 1.54) is 6.92 Å². The normalized spacial score (nSPS) is 40.6. The van der Waals surface area contributed by atoms with Crippen LogP contribution in [0.4, 0.5) is 8.78 Å². The van der Waals surface area contributed by atoms with Gasteiger partial charge in [0, 0.05) is 11.5 Å². The molecule has 3 atom stereocenters. The fraction of sp³-hybridized carbons (Fsp3) is 0.455. The number of halogens is 2. The van der Waals surface area contributed by atoms with Crippen LogP contribution < -0.4 is 5.30 Å². The van der Waals surface area contributed by atoms with E-state index < -0.39 is 18.7 Å². The third-order valence-electron chi connectivity index (χ3n) is 2.99. The highest BCUT2D eigenvalue weighted by Crippen LogP contribution is 2.62. The van der Waals surface area contributed by atoms with Gasteiger partial charge >= 0.3 is 0 Å². The third kappa shape index (κ3) is 1.63. The highest BCUT2D eigenvalue weighted by atomic mass is 31.2. The fourth-order valence-electron chi connectivity index (χ4n) is 1.99. The van der Waals surface area contributed by atoms with Crippen molar-refractivity contribution in [1.29, 1.82) is 0 Å². The van der Waals surface area contributed by atoms with E-state index >= 15 is 0 Å². The van der Waals surface area contributed by atoms with Crippen molar-refractivity contribution in [3.05, 3.63) is 30.3 Å². The first kappa shape index (κ1) is 10.8. The maximum Gasteiger partial charge on any atom is 0.190 e. The monoisotopic (exact) mass is 230 g/mol. The van der Waals surface area contributed by atoms with E-state index in [4.69, 9.17) is 0 Å². The molecule has 15 heavy (non-hydrogen) atoms. The Balaban J connectivity index is 2.42. The Morgan fingerprint density at radius 2 is 2.00 bits per heavy atom. The van der Waals surface area contributed by atoms with Crippen molar-refractivity contribution >= 4 is 12.4 Å². The zero-order valence-electron chi connectivity index (χ0n) is 8.49. The van der Waals surface area contributed by atoms with E-state index in [-0.39, 0.29) is 12.6 Å². The molecule has 0 bridgehead atoms. The average molecular weight is 230 g/mol. The Morgan fingerprint density at radius 3 is 2.47 bits per heavy atom. The summed E-state index contributed by atoms with van der Waals surface area (Å²) in [6.07, 6.45) is 0.172. The summed E-state index contributed by atoms with van der Waals surface area (Å²) in [6.45, 7) is 1.19. The minimum absolute atomic E-state index is 0.0420. The Bertz CT molecular complexity index is 402. The quantitative estimate of drug-likeness (QED) is 0.677. The molecule has 1 fully saturated rings. The van der Waals surface area contributed by atoms with E-state index in [1.807, 2.05) is 0 Å². The summed E-state index contributed by atoms with van der Waals surface area (Å²) in [7, 11) is -3.18. The predicted molar refractivity (Wildman–Crippen MR) is 57.6 cm³/mol. The molecule has 0 aromatic heterocycles. The second-order valence-electron chi connectivity index (χ2n) is 4.22. The lowest BCUT2D eigenvalue weighted by atomic mass is 10.1. The summed E-state index contributed by atoms with van der Waals surface area (Å²) >= 11 is 0. The molecule has 4 heteroatoms. The highest BCUT2D eigenvalue weighted by molar-refractivity contribution is 7.72. The molecule has 0 saturated carbocycles. The summed E-state index contributed by atoms with van der Waals surface area (Å²) in [6, 6.07) is 8.42. The molecule has 1 aliphatic heterocycles. The first-order valence-corrected chi connectivity index (χ1v) is 6.90. The van der Waals surface area contributed by atoms with Gasteiger partial charge in [-0.1, -0.05) is 30.3 Å². The summed E-state index contributed by atoms with van der Waals surface area (Å²) in [5.41, 5.74) is -1.94. The zero-order chi connectivity index (χ0) is 11.1. The topological polar surface area (TPSA) is 17.1 Å². The molecular formula is C11H13F2OP. The molecule has 2 rings (SSSR count). The summed E-state index contributed by atoms with van der Waals surface area (Å²) in [5, 5.41) is 0.457. The highest BCUT2D eigenvalue weighted by Gasteiger charge is 2.54. The Hall–Kier alpha value is -0.690. The lowest BCUT2D eigenvalue weighted by Crippen LogP contribution is -2.26. The molecule has 1 aromatic rings. The lowest BCUT2D eigenvalue weighted by molar-refractivity contribution is 0.125. The van der Waals surface area contributed by atoms with E-state index in [0.29, 0.717) is 5.30 Å². The summed E-state index contributed by atoms with van der Waals surface area (Å²) in [4.78, 5) is 0. The first-order chi connectivity index (χ1) is 6.97. The van der Waals surface area contributed by atoms with Gasteiger partial charge in [-0.25, -0.2) is 8.78 Å². The maximum atomic E-state index is 13.8. The van der Waals surface area contributed by atoms with Crippen molar-refractivity contribution in [2.24, 2.45) is 0 Å². The van der Waals surface area contributed by atoms with E-state index in [0.717, 1.165) is 0 Å². The van der Waals surface area contributed by atoms with Crippen molar-refractivity contribution in [3.8, 4) is 0 Å². The second kappa shape index (κ2) is 3.41. The number of alkyl halides is 2. The van der Waals surface area contributed by atoms with Crippen molar-refractivity contribution < 1.29 is 13.3 Å². The van der Waals surface area contributed by atoms with Crippen LogP contribution in [0.25, 0.3) is 0 Å². The van der Waals surface area contributed by atoms with E-state index in [9.17, 15) is 13.3 Å². The van der Waals surface area contributed by atoms with Crippen LogP contribution in [0.1, 0.15) is 13.3 Å². The van der Waals surface area contributed by atoms with Gasteiger partial charge in [0.15, 0.2) is 13.1 Å². The van der Waals surface area contributed by atoms with Crippen LogP contribution in [0.3, 0.4) is 0 Å². The Kier molecular flexibility index (Phi) is 2.46. The maximum absolute atomic E-state index is 13.8. The predicted octanol–water partition coefficient (Wildman–Crippen LogP) is 3.10. The molecule has 82 valence electrons. The van der Waals surface area contributed by atoms with Gasteiger partial charge in [0.05, 0.1) is 0 Å². The van der Waals surface area contributed by atoms with Gasteiger partial charge in [-0.3, -0.25) is 0 Å². The number of hydrogen-bond acceptors (Lipinski definition) is 1. The minimum atomic E-state index is -3.18. The van der Waals surface area contributed by atoms with Gasteiger partial charge in [0.25, 0.3) is 0 Å². The van der Waals surface area contributed by atoms with Crippen molar-refractivity contribution in [2.75, 3.05) is 6.16 Å². The van der Waals surface area contributed by atoms with Crippen LogP contribution >= 0.6 is 7.14 Å². The SMILES string of the molecule is CC1(F)CCP(=O)(c2ccccc2)C1F. The lowest BCUT2D eigenvalue weighted by Gasteiger charge is -2.20. The molecule has 1 aliphatic rings. The summed E-state index contributed by atoms with van der Waals surface area (Å²) in [5.74, 6) is -1.85. The molecule has 3 unspecified atom stereocenters. The van der Waals surface area contributed by atoms with E-state index in [1.54, 1.807) is 30.3 Å². The minimum Gasteiger partial charge on any atom is -0.315 e. The number of hydrogen-bond donors (Lipinski definition) is 0. The standard InChI is InChI=1S/C11H13F2OP/c1-11(13)7-8-15(14,10(11)12)9-5-3-2-4-6-9/h2-6,10H,7-8H2,1H3. The number of benzene rings is 1. The largest absolute Gasteiger partial charge is 0.315 e. The Morgan fingerprint density at radius 1 is 1.40 bits per heavy atom. The molecule has 0 amide bonds. The molecule has 1 aromatic carbocycles. The van der Waals surface area contributed by atoms with Crippen LogP contribution in [0.5, 0.6) is 0 Å². The second-order valence-corrected chi connectivity index (χ2v) is 7.23. The molecule has 0 N–H and O–H groups in total. The average Bonchev–Trinajstić information content (AvgIpc) is 2.45. The molecule has 0 aliphatic carbocycles. The molecular weight excluding hydrogens is 217 g/mol. The molecule has 1 nitrogen and oxygen atoms in total. The van der Waals surface area contributed by atoms with Crippen molar-refractivity contribution in [2.45, 2.75) is 24.9 Å². The van der Waals surface area contributed by atoms with Crippen LogP contribution in [-0.4, -0.2) is 17.7 Å². The molecule has 0 radical (unpaired) electrons. The van der Waals surface area contributed by atoms with Crippen LogP contribution in [0.2, 0.25) is 0 Å². The molecule has 0 spiro atoms. The van der Waals surface area contributed by atoms with Gasteiger partial charge in [-0.2, -0.15) is 0 Å². The Labute approximate surface area is 87.9 Å². The van der Waals surface area contributed by atoms with Crippen molar-refractivity contribution in [3.63, 3.8) is 0 Å². The van der Waals surface area contributed by atoms with Crippen LogP contribution in [-0.2, 0) is 4.57 Å². The fourth-order valence-corrected chi connectivity index (χ4v) is 5.18. The number of rotatable bonds is 1. The van der Waals surface area contributed by atoms with Gasteiger partial charge < -0.3 is 4.57 Å². The molecule has 1 saturated heterocycles. The van der Waals surface area contributed by atoms with E-state index in [2.05, 4.69) is 0 Å². The smallest absolute Gasteiger partial charge is 0.190 e. The third-order valence-corrected chi connectivity index (χ3v) is 6.32. The first-order valence-electron chi connectivity index (χ1n) is 4.94.